The number of fused-ring (bicyclic) bond motifs is 1. The Labute approximate surface area is 180 Å². The number of benzene rings is 1. The third-order valence-electron chi connectivity index (χ3n) is 6.48. The molecule has 2 aliphatic rings. The van der Waals surface area contributed by atoms with Crippen LogP contribution >= 0.6 is 0 Å². The number of oxazole rings is 1. The molecule has 0 bridgehead atoms. The molecule has 5 rings (SSSR count). The molecular weight excluding hydrogens is 390 g/mol. The molecule has 1 aromatic carbocycles. The van der Waals surface area contributed by atoms with E-state index < -0.39 is 5.41 Å². The molecule has 0 radical (unpaired) electrons. The first-order valence-corrected chi connectivity index (χ1v) is 10.5. The highest BCUT2D eigenvalue weighted by Crippen LogP contribution is 2.39. The highest BCUT2D eigenvalue weighted by molar-refractivity contribution is 5.96. The van der Waals surface area contributed by atoms with Crippen LogP contribution in [0.1, 0.15) is 49.4 Å². The van der Waals surface area contributed by atoms with E-state index in [1.54, 1.807) is 6.20 Å². The van der Waals surface area contributed by atoms with Gasteiger partial charge in [0.25, 0.3) is 0 Å². The van der Waals surface area contributed by atoms with E-state index in [0.29, 0.717) is 29.9 Å². The fraction of sp³-hybridized carbons (Fsp3) is 0.391. The van der Waals surface area contributed by atoms with Gasteiger partial charge in [0.1, 0.15) is 22.8 Å². The van der Waals surface area contributed by atoms with Crippen LogP contribution in [0.25, 0.3) is 16.7 Å². The molecular formula is C23H25N7O. The van der Waals surface area contributed by atoms with E-state index in [2.05, 4.69) is 33.1 Å². The normalized spacial score (nSPS) is 22.9. The minimum Gasteiger partial charge on any atom is -0.440 e. The van der Waals surface area contributed by atoms with Crippen molar-refractivity contribution in [1.82, 2.24) is 19.7 Å². The van der Waals surface area contributed by atoms with Gasteiger partial charge in [0.2, 0.25) is 5.89 Å². The van der Waals surface area contributed by atoms with Crippen molar-refractivity contribution in [2.75, 3.05) is 20.1 Å². The third kappa shape index (κ3) is 3.31. The van der Waals surface area contributed by atoms with Crippen LogP contribution in [0.5, 0.6) is 0 Å². The summed E-state index contributed by atoms with van der Waals surface area (Å²) >= 11 is 0. The van der Waals surface area contributed by atoms with E-state index in [0.717, 1.165) is 48.2 Å². The molecule has 2 N–H and O–H groups in total. The standard InChI is InChI=1S/C23H25N7O/c1-23(22-27-18-5-3-4-6-20(18)31-22)11-15(13-26-21(23)25)17-14-30(28-19(17)12-24)16-7-9-29(2)10-8-16/h3-6,13-14,16H,7-11H2,1-2H3,(H2,25,26). The number of amidine groups is 1. The van der Waals surface area contributed by atoms with Crippen LogP contribution in [-0.4, -0.2) is 45.6 Å². The van der Waals surface area contributed by atoms with E-state index >= 15 is 0 Å². The van der Waals surface area contributed by atoms with Crippen molar-refractivity contribution in [1.29, 1.82) is 5.26 Å². The van der Waals surface area contributed by atoms with E-state index in [4.69, 9.17) is 10.2 Å². The molecule has 2 aromatic heterocycles. The molecule has 0 saturated carbocycles. The van der Waals surface area contributed by atoms with Crippen LogP contribution in [-0.2, 0) is 5.41 Å². The van der Waals surface area contributed by atoms with E-state index in [9.17, 15) is 5.26 Å². The summed E-state index contributed by atoms with van der Waals surface area (Å²) in [5, 5.41) is 14.3. The number of hydrogen-bond donors (Lipinski definition) is 1. The van der Waals surface area contributed by atoms with Gasteiger partial charge in [-0.2, -0.15) is 10.4 Å². The number of piperidine rings is 1. The van der Waals surface area contributed by atoms with Gasteiger partial charge in [-0.25, -0.2) is 9.98 Å². The first-order chi connectivity index (χ1) is 15.0. The van der Waals surface area contributed by atoms with Gasteiger partial charge in [0.15, 0.2) is 11.3 Å². The molecule has 31 heavy (non-hydrogen) atoms. The summed E-state index contributed by atoms with van der Waals surface area (Å²) in [6, 6.07) is 10.2. The maximum Gasteiger partial charge on any atom is 0.209 e. The maximum absolute atomic E-state index is 9.74. The van der Waals surface area contributed by atoms with Crippen molar-refractivity contribution in [3.63, 3.8) is 0 Å². The molecule has 0 spiro atoms. The van der Waals surface area contributed by atoms with E-state index in [1.807, 2.05) is 42.1 Å². The molecule has 3 aromatic rings. The smallest absolute Gasteiger partial charge is 0.209 e. The van der Waals surface area contributed by atoms with Gasteiger partial charge in [-0.15, -0.1) is 0 Å². The molecule has 2 aliphatic heterocycles. The highest BCUT2D eigenvalue weighted by atomic mass is 16.3. The first-order valence-electron chi connectivity index (χ1n) is 10.5. The Hall–Kier alpha value is -3.44. The van der Waals surface area contributed by atoms with Gasteiger partial charge < -0.3 is 15.1 Å². The molecule has 0 aliphatic carbocycles. The van der Waals surface area contributed by atoms with Crippen molar-refractivity contribution < 1.29 is 4.42 Å². The SMILES string of the molecule is CN1CCC(n2cc(C3=CN=C(N)C(C)(c4nc5ccccc5o4)C3)c(C#N)n2)CC1. The number of rotatable bonds is 3. The van der Waals surface area contributed by atoms with Crippen molar-refractivity contribution in [3.05, 3.63) is 53.8 Å². The maximum atomic E-state index is 9.74. The second-order valence-corrected chi connectivity index (χ2v) is 8.68. The van der Waals surface area contributed by atoms with Gasteiger partial charge in [0.05, 0.1) is 6.04 Å². The van der Waals surface area contributed by atoms with Gasteiger partial charge in [-0.05, 0) is 64.0 Å². The summed E-state index contributed by atoms with van der Waals surface area (Å²) < 4.78 is 8.00. The predicted octanol–water partition coefficient (Wildman–Crippen LogP) is 3.22. The average molecular weight is 416 g/mol. The van der Waals surface area contributed by atoms with E-state index in [-0.39, 0.29) is 0 Å². The Balaban J connectivity index is 1.49. The zero-order valence-corrected chi connectivity index (χ0v) is 17.7. The number of aliphatic imine (C=N–C) groups is 1. The number of allylic oxidation sites excluding steroid dienone is 1. The Morgan fingerprint density at radius 2 is 2.03 bits per heavy atom. The average Bonchev–Trinajstić information content (AvgIpc) is 3.41. The number of nitrogens with zero attached hydrogens (tertiary/aromatic N) is 6. The van der Waals surface area contributed by atoms with Crippen molar-refractivity contribution in [3.8, 4) is 6.07 Å². The van der Waals surface area contributed by atoms with Crippen LogP contribution < -0.4 is 5.73 Å². The molecule has 1 atom stereocenters. The summed E-state index contributed by atoms with van der Waals surface area (Å²) in [5.74, 6) is 0.978. The third-order valence-corrected chi connectivity index (χ3v) is 6.48. The van der Waals surface area contributed by atoms with Crippen molar-refractivity contribution >= 4 is 22.5 Å². The van der Waals surface area contributed by atoms with Crippen LogP contribution in [0, 0.1) is 11.3 Å². The van der Waals surface area contributed by atoms with Gasteiger partial charge in [-0.1, -0.05) is 12.1 Å². The molecule has 4 heterocycles. The summed E-state index contributed by atoms with van der Waals surface area (Å²) in [7, 11) is 2.13. The Bertz CT molecular complexity index is 1200. The van der Waals surface area contributed by atoms with Crippen molar-refractivity contribution in [2.24, 2.45) is 10.7 Å². The molecule has 0 amide bonds. The fourth-order valence-corrected chi connectivity index (χ4v) is 4.42. The van der Waals surface area contributed by atoms with Gasteiger partial charge >= 0.3 is 0 Å². The second kappa shape index (κ2) is 7.36. The lowest BCUT2D eigenvalue weighted by Gasteiger charge is -2.29. The summed E-state index contributed by atoms with van der Waals surface area (Å²) in [6.07, 6.45) is 6.31. The zero-order valence-electron chi connectivity index (χ0n) is 17.7. The number of nitrogens with two attached hydrogens (primary N) is 1. The second-order valence-electron chi connectivity index (χ2n) is 8.68. The van der Waals surface area contributed by atoms with Gasteiger partial charge in [-0.3, -0.25) is 4.68 Å². The summed E-state index contributed by atoms with van der Waals surface area (Å²) in [5.41, 5.74) is 9.27. The number of likely N-dealkylation sites (tertiary alicyclic amines) is 1. The predicted molar refractivity (Wildman–Crippen MR) is 118 cm³/mol. The topological polar surface area (TPSA) is 109 Å². The minimum absolute atomic E-state index is 0.304. The van der Waals surface area contributed by atoms with E-state index in [1.165, 1.54) is 0 Å². The van der Waals surface area contributed by atoms with Crippen molar-refractivity contribution in [2.45, 2.75) is 37.6 Å². The molecule has 1 fully saturated rings. The fourth-order valence-electron chi connectivity index (χ4n) is 4.42. The quantitative estimate of drug-likeness (QED) is 0.703. The zero-order chi connectivity index (χ0) is 21.6. The number of para-hydroxylation sites is 2. The Morgan fingerprint density at radius 1 is 1.26 bits per heavy atom. The number of aromatic nitrogens is 3. The lowest BCUT2D eigenvalue weighted by molar-refractivity contribution is 0.212. The van der Waals surface area contributed by atoms with Crippen LogP contribution in [0.2, 0.25) is 0 Å². The minimum atomic E-state index is -0.703. The Kier molecular flexibility index (Phi) is 4.63. The molecule has 1 saturated heterocycles. The summed E-state index contributed by atoms with van der Waals surface area (Å²) in [6.45, 7) is 4.04. The summed E-state index contributed by atoms with van der Waals surface area (Å²) in [4.78, 5) is 11.5. The number of nitriles is 1. The Morgan fingerprint density at radius 3 is 2.77 bits per heavy atom. The lowest BCUT2D eigenvalue weighted by Crippen LogP contribution is -2.40. The van der Waals surface area contributed by atoms with Gasteiger partial charge in [0, 0.05) is 18.0 Å². The number of hydrogen-bond acceptors (Lipinski definition) is 7. The molecule has 158 valence electrons. The molecule has 1 unspecified atom stereocenters. The largest absolute Gasteiger partial charge is 0.440 e. The monoisotopic (exact) mass is 415 g/mol. The first kappa shape index (κ1) is 19.5. The highest BCUT2D eigenvalue weighted by Gasteiger charge is 2.40. The van der Waals surface area contributed by atoms with Crippen LogP contribution in [0.3, 0.4) is 0 Å². The van der Waals surface area contributed by atoms with Crippen LogP contribution in [0.15, 0.2) is 46.1 Å². The van der Waals surface area contributed by atoms with Crippen LogP contribution in [0.4, 0.5) is 0 Å². The molecule has 8 nitrogen and oxygen atoms in total. The molecule has 8 heteroatoms. The lowest BCUT2D eigenvalue weighted by atomic mass is 9.79.